The number of aromatic nitrogens is 2. The highest BCUT2D eigenvalue weighted by Gasteiger charge is 2.12. The van der Waals surface area contributed by atoms with Crippen LogP contribution in [0.15, 0.2) is 51.4 Å². The Kier molecular flexibility index (Phi) is 2.44. The molecule has 98 valence electrons. The molecule has 0 aliphatic heterocycles. The molecule has 0 radical (unpaired) electrons. The van der Waals surface area contributed by atoms with Gasteiger partial charge in [0.05, 0.1) is 15.5 Å². The van der Waals surface area contributed by atoms with Gasteiger partial charge in [0.25, 0.3) is 0 Å². The van der Waals surface area contributed by atoms with Gasteiger partial charge in [0.15, 0.2) is 11.6 Å². The average molecular weight is 331 g/mol. The van der Waals surface area contributed by atoms with Gasteiger partial charge in [-0.15, -0.1) is 0 Å². The standard InChI is InChI=1S/C15H8BrFN2O/c16-9-6-11-12(7-10(9)17)19-15(18-11)14-5-8-3-1-2-4-13(8)20-14/h1-7H,(H,18,19). The number of fused-ring (bicyclic) bond motifs is 2. The van der Waals surface area contributed by atoms with Crippen LogP contribution in [0.4, 0.5) is 4.39 Å². The van der Waals surface area contributed by atoms with Crippen molar-refractivity contribution in [1.82, 2.24) is 9.97 Å². The molecule has 0 fully saturated rings. The third-order valence-corrected chi connectivity index (χ3v) is 3.79. The van der Waals surface area contributed by atoms with E-state index >= 15 is 0 Å². The zero-order valence-corrected chi connectivity index (χ0v) is 11.7. The van der Waals surface area contributed by atoms with E-state index in [9.17, 15) is 4.39 Å². The number of rotatable bonds is 1. The smallest absolute Gasteiger partial charge is 0.174 e. The number of halogens is 2. The van der Waals surface area contributed by atoms with Crippen LogP contribution in [0, 0.1) is 5.82 Å². The highest BCUT2D eigenvalue weighted by atomic mass is 79.9. The minimum Gasteiger partial charge on any atom is -0.453 e. The van der Waals surface area contributed by atoms with Gasteiger partial charge >= 0.3 is 0 Å². The van der Waals surface area contributed by atoms with E-state index < -0.39 is 0 Å². The zero-order valence-electron chi connectivity index (χ0n) is 10.2. The van der Waals surface area contributed by atoms with Crippen molar-refractivity contribution in [2.75, 3.05) is 0 Å². The number of nitrogens with zero attached hydrogens (tertiary/aromatic N) is 1. The molecule has 0 bridgehead atoms. The predicted octanol–water partition coefficient (Wildman–Crippen LogP) is 4.88. The van der Waals surface area contributed by atoms with Crippen molar-refractivity contribution in [1.29, 1.82) is 0 Å². The van der Waals surface area contributed by atoms with Crippen molar-refractivity contribution in [3.8, 4) is 11.6 Å². The van der Waals surface area contributed by atoms with Crippen molar-refractivity contribution in [3.05, 3.63) is 52.8 Å². The molecule has 0 aliphatic rings. The summed E-state index contributed by atoms with van der Waals surface area (Å²) in [5, 5.41) is 1.01. The monoisotopic (exact) mass is 330 g/mol. The molecule has 0 saturated heterocycles. The normalized spacial score (nSPS) is 11.5. The Hall–Kier alpha value is -2.14. The lowest BCUT2D eigenvalue weighted by atomic mass is 10.2. The van der Waals surface area contributed by atoms with E-state index in [1.807, 2.05) is 30.3 Å². The molecule has 4 aromatic rings. The molecule has 2 heterocycles. The van der Waals surface area contributed by atoms with E-state index in [4.69, 9.17) is 4.42 Å². The van der Waals surface area contributed by atoms with E-state index in [0.29, 0.717) is 27.1 Å². The van der Waals surface area contributed by atoms with Crippen molar-refractivity contribution in [3.63, 3.8) is 0 Å². The molecule has 2 aromatic carbocycles. The Balaban J connectivity index is 1.93. The maximum atomic E-state index is 13.5. The lowest BCUT2D eigenvalue weighted by molar-refractivity contribution is 0.622. The topological polar surface area (TPSA) is 41.8 Å². The highest BCUT2D eigenvalue weighted by Crippen LogP contribution is 2.29. The van der Waals surface area contributed by atoms with Crippen LogP contribution < -0.4 is 0 Å². The lowest BCUT2D eigenvalue weighted by Crippen LogP contribution is -1.77. The van der Waals surface area contributed by atoms with Gasteiger partial charge in [0, 0.05) is 11.5 Å². The summed E-state index contributed by atoms with van der Waals surface area (Å²) < 4.78 is 19.7. The van der Waals surface area contributed by atoms with Crippen molar-refractivity contribution in [2.24, 2.45) is 0 Å². The molecule has 4 rings (SSSR count). The SMILES string of the molecule is Fc1cc2[nH]c(-c3cc4ccccc4o3)nc2cc1Br. The summed E-state index contributed by atoms with van der Waals surface area (Å²) in [5.74, 6) is 0.907. The lowest BCUT2D eigenvalue weighted by Gasteiger charge is -1.92. The maximum absolute atomic E-state index is 13.5. The van der Waals surface area contributed by atoms with Gasteiger partial charge in [0.1, 0.15) is 11.4 Å². The first-order valence-electron chi connectivity index (χ1n) is 6.04. The van der Waals surface area contributed by atoms with E-state index in [2.05, 4.69) is 25.9 Å². The first-order chi connectivity index (χ1) is 9.70. The van der Waals surface area contributed by atoms with Crippen LogP contribution in [0.1, 0.15) is 0 Å². The highest BCUT2D eigenvalue weighted by molar-refractivity contribution is 9.10. The number of H-pyrrole nitrogens is 1. The van der Waals surface area contributed by atoms with Gasteiger partial charge in [-0.1, -0.05) is 18.2 Å². The number of para-hydroxylation sites is 1. The van der Waals surface area contributed by atoms with Crippen LogP contribution in [0.5, 0.6) is 0 Å². The molecule has 3 nitrogen and oxygen atoms in total. The second-order valence-corrected chi connectivity index (χ2v) is 5.37. The first kappa shape index (κ1) is 11.7. The van der Waals surface area contributed by atoms with Gasteiger partial charge in [-0.3, -0.25) is 0 Å². The summed E-state index contributed by atoms with van der Waals surface area (Å²) in [6.45, 7) is 0. The predicted molar refractivity (Wildman–Crippen MR) is 79.0 cm³/mol. The average Bonchev–Trinajstić information content (AvgIpc) is 3.02. The number of benzene rings is 2. The largest absolute Gasteiger partial charge is 0.453 e. The number of aromatic amines is 1. The fourth-order valence-corrected chi connectivity index (χ4v) is 2.55. The van der Waals surface area contributed by atoms with Gasteiger partial charge < -0.3 is 9.40 Å². The molecule has 2 aromatic heterocycles. The number of hydrogen-bond donors (Lipinski definition) is 1. The molecule has 5 heteroatoms. The molecule has 20 heavy (non-hydrogen) atoms. The van der Waals surface area contributed by atoms with Crippen LogP contribution in [-0.4, -0.2) is 9.97 Å². The Labute approximate surface area is 121 Å². The summed E-state index contributed by atoms with van der Waals surface area (Å²) >= 11 is 3.16. The maximum Gasteiger partial charge on any atom is 0.174 e. The summed E-state index contributed by atoms with van der Waals surface area (Å²) in [6, 6.07) is 12.7. The second kappa shape index (κ2) is 4.18. The van der Waals surface area contributed by atoms with Crippen LogP contribution in [0.25, 0.3) is 33.6 Å². The Morgan fingerprint density at radius 2 is 2.00 bits per heavy atom. The zero-order chi connectivity index (χ0) is 13.7. The van der Waals surface area contributed by atoms with E-state index in [1.54, 1.807) is 6.07 Å². The number of nitrogens with one attached hydrogen (secondary N) is 1. The molecule has 0 spiro atoms. The Morgan fingerprint density at radius 3 is 2.85 bits per heavy atom. The van der Waals surface area contributed by atoms with E-state index in [0.717, 1.165) is 11.0 Å². The second-order valence-electron chi connectivity index (χ2n) is 4.52. The fraction of sp³-hybridized carbons (Fsp3) is 0. The number of hydrogen-bond acceptors (Lipinski definition) is 2. The minimum absolute atomic E-state index is 0.322. The molecule has 0 saturated carbocycles. The summed E-state index contributed by atoms with van der Waals surface area (Å²) in [6.07, 6.45) is 0. The van der Waals surface area contributed by atoms with Gasteiger partial charge in [-0.05, 0) is 34.1 Å². The van der Waals surface area contributed by atoms with Crippen molar-refractivity contribution < 1.29 is 8.81 Å². The van der Waals surface area contributed by atoms with Gasteiger partial charge in [0.2, 0.25) is 0 Å². The van der Waals surface area contributed by atoms with E-state index in [-0.39, 0.29) is 5.82 Å². The fourth-order valence-electron chi connectivity index (χ4n) is 2.22. The first-order valence-corrected chi connectivity index (χ1v) is 6.84. The minimum atomic E-state index is -0.322. The number of imidazole rings is 1. The van der Waals surface area contributed by atoms with Gasteiger partial charge in [-0.2, -0.15) is 0 Å². The van der Waals surface area contributed by atoms with E-state index in [1.165, 1.54) is 6.07 Å². The van der Waals surface area contributed by atoms with Crippen LogP contribution in [0.2, 0.25) is 0 Å². The Morgan fingerprint density at radius 1 is 1.15 bits per heavy atom. The van der Waals surface area contributed by atoms with Crippen molar-refractivity contribution >= 4 is 37.9 Å². The summed E-state index contributed by atoms with van der Waals surface area (Å²) in [4.78, 5) is 7.51. The Bertz CT molecular complexity index is 870. The molecular weight excluding hydrogens is 323 g/mol. The molecule has 0 aliphatic carbocycles. The molecule has 0 unspecified atom stereocenters. The van der Waals surface area contributed by atoms with Crippen LogP contribution in [-0.2, 0) is 0 Å². The quantitative estimate of drug-likeness (QED) is 0.540. The summed E-state index contributed by atoms with van der Waals surface area (Å²) in [7, 11) is 0. The van der Waals surface area contributed by atoms with Gasteiger partial charge in [-0.25, -0.2) is 9.37 Å². The third kappa shape index (κ3) is 1.74. The van der Waals surface area contributed by atoms with Crippen LogP contribution >= 0.6 is 15.9 Å². The molecule has 1 N–H and O–H groups in total. The van der Waals surface area contributed by atoms with Crippen molar-refractivity contribution in [2.45, 2.75) is 0 Å². The molecule has 0 atom stereocenters. The molecule has 0 amide bonds. The molecular formula is C15H8BrFN2O. The summed E-state index contributed by atoms with van der Waals surface area (Å²) in [5.41, 5.74) is 2.13. The van der Waals surface area contributed by atoms with Crippen LogP contribution in [0.3, 0.4) is 0 Å². The third-order valence-electron chi connectivity index (χ3n) is 3.18. The number of furan rings is 1.